The third-order valence-corrected chi connectivity index (χ3v) is 6.13. The number of hydrogen-bond acceptors (Lipinski definition) is 6. The van der Waals surface area contributed by atoms with Crippen LogP contribution in [0.4, 0.5) is 5.69 Å². The van der Waals surface area contributed by atoms with Crippen LogP contribution in [0.1, 0.15) is 64.0 Å². The quantitative estimate of drug-likeness (QED) is 0.515. The molecule has 0 atom stereocenters. The Labute approximate surface area is 208 Å². The highest BCUT2D eigenvalue weighted by Gasteiger charge is 2.35. The van der Waals surface area contributed by atoms with Crippen molar-refractivity contribution in [2.75, 3.05) is 19.0 Å². The maximum absolute atomic E-state index is 13.5. The first kappa shape index (κ1) is 24.9. The number of hydrogen-bond donors (Lipinski definition) is 1. The summed E-state index contributed by atoms with van der Waals surface area (Å²) in [6, 6.07) is 14.9. The molecule has 0 spiro atoms. The van der Waals surface area contributed by atoms with E-state index in [-0.39, 0.29) is 29.3 Å². The Morgan fingerprint density at radius 3 is 2.39 bits per heavy atom. The predicted octanol–water partition coefficient (Wildman–Crippen LogP) is 4.43. The first-order valence-electron chi connectivity index (χ1n) is 11.7. The van der Waals surface area contributed by atoms with E-state index in [4.69, 9.17) is 9.47 Å². The van der Waals surface area contributed by atoms with Crippen molar-refractivity contribution in [3.63, 3.8) is 0 Å². The van der Waals surface area contributed by atoms with Gasteiger partial charge in [-0.1, -0.05) is 26.0 Å². The summed E-state index contributed by atoms with van der Waals surface area (Å²) >= 11 is 0. The number of para-hydroxylation sites is 2. The fourth-order valence-electron chi connectivity index (χ4n) is 4.45. The zero-order chi connectivity index (χ0) is 26.0. The minimum atomic E-state index is -0.774. The minimum absolute atomic E-state index is 0.104. The smallest absolute Gasteiger partial charge is 0.343 e. The number of nitrogens with zero attached hydrogens (tertiary/aromatic N) is 1. The molecule has 4 rings (SSSR count). The zero-order valence-corrected chi connectivity index (χ0v) is 20.7. The average molecular weight is 489 g/mol. The van der Waals surface area contributed by atoms with Crippen molar-refractivity contribution in [2.45, 2.75) is 33.6 Å². The molecule has 1 heterocycles. The van der Waals surface area contributed by atoms with Gasteiger partial charge in [-0.25, -0.2) is 4.79 Å². The highest BCUT2D eigenvalue weighted by atomic mass is 16.5. The van der Waals surface area contributed by atoms with Crippen LogP contribution in [0.15, 0.2) is 59.4 Å². The van der Waals surface area contributed by atoms with Crippen LogP contribution in [0.2, 0.25) is 0 Å². The van der Waals surface area contributed by atoms with Gasteiger partial charge in [0, 0.05) is 28.9 Å². The van der Waals surface area contributed by atoms with Gasteiger partial charge >= 0.3 is 5.97 Å². The monoisotopic (exact) mass is 488 g/mol. The number of benzene rings is 2. The van der Waals surface area contributed by atoms with E-state index >= 15 is 0 Å². The summed E-state index contributed by atoms with van der Waals surface area (Å²) < 4.78 is 11.7. The number of esters is 1. The molecule has 1 aromatic heterocycles. The molecule has 0 aliphatic heterocycles. The third-order valence-electron chi connectivity index (χ3n) is 6.13. The van der Waals surface area contributed by atoms with Crippen molar-refractivity contribution in [2.24, 2.45) is 5.41 Å². The van der Waals surface area contributed by atoms with Gasteiger partial charge < -0.3 is 14.8 Å². The van der Waals surface area contributed by atoms with Crippen LogP contribution in [0.25, 0.3) is 5.69 Å². The Morgan fingerprint density at radius 2 is 1.72 bits per heavy atom. The van der Waals surface area contributed by atoms with Gasteiger partial charge in [0.25, 0.3) is 11.5 Å². The Bertz CT molecular complexity index is 1400. The average Bonchev–Trinajstić information content (AvgIpc) is 2.83. The Balaban J connectivity index is 1.76. The van der Waals surface area contributed by atoms with Gasteiger partial charge in [0.1, 0.15) is 11.3 Å². The van der Waals surface area contributed by atoms with Crippen LogP contribution < -0.4 is 15.6 Å². The lowest BCUT2D eigenvalue weighted by Crippen LogP contribution is -2.36. The van der Waals surface area contributed by atoms with Crippen LogP contribution in [0, 0.1) is 5.41 Å². The van der Waals surface area contributed by atoms with Crippen molar-refractivity contribution in [1.82, 2.24) is 4.57 Å². The lowest BCUT2D eigenvalue weighted by Gasteiger charge is -2.32. The maximum atomic E-state index is 13.5. The summed E-state index contributed by atoms with van der Waals surface area (Å²) in [5, 5.41) is 2.81. The molecule has 1 N–H and O–H groups in total. The summed E-state index contributed by atoms with van der Waals surface area (Å²) in [7, 11) is 1.52. The summed E-state index contributed by atoms with van der Waals surface area (Å²) in [5.74, 6) is -0.724. The molecule has 36 heavy (non-hydrogen) atoms. The summed E-state index contributed by atoms with van der Waals surface area (Å²) in [6.45, 7) is 5.68. The van der Waals surface area contributed by atoms with Crippen molar-refractivity contribution in [3.8, 4) is 11.4 Å². The minimum Gasteiger partial charge on any atom is -0.495 e. The standard InChI is InChI=1S/C28H28N2O6/c1-5-36-27(34)20-14-19-22(15-28(2,3)16-23(19)31)30(26(20)33)18-12-10-17(11-13-18)25(32)29-21-8-6-7-9-24(21)35-4/h6-14H,5,15-16H2,1-4H3,(H,29,32). The van der Waals surface area contributed by atoms with Gasteiger partial charge in [-0.05, 0) is 61.2 Å². The highest BCUT2D eigenvalue weighted by Crippen LogP contribution is 2.35. The van der Waals surface area contributed by atoms with Gasteiger partial charge in [-0.3, -0.25) is 19.0 Å². The first-order valence-corrected chi connectivity index (χ1v) is 11.7. The molecule has 1 amide bonds. The number of carbonyl (C=O) groups is 3. The van der Waals surface area contributed by atoms with E-state index in [9.17, 15) is 19.2 Å². The Morgan fingerprint density at radius 1 is 1.03 bits per heavy atom. The number of methoxy groups -OCH3 is 1. The number of nitrogens with one attached hydrogen (secondary N) is 1. The van der Waals surface area contributed by atoms with Gasteiger partial charge in [0.15, 0.2) is 5.78 Å². The molecule has 0 radical (unpaired) electrons. The van der Waals surface area contributed by atoms with E-state index in [0.717, 1.165) is 0 Å². The van der Waals surface area contributed by atoms with E-state index in [1.54, 1.807) is 55.5 Å². The second-order valence-corrected chi connectivity index (χ2v) is 9.42. The molecule has 186 valence electrons. The Kier molecular flexibility index (Phi) is 6.79. The number of ether oxygens (including phenoxy) is 2. The van der Waals surface area contributed by atoms with Gasteiger partial charge in [0.05, 0.1) is 19.4 Å². The number of pyridine rings is 1. The van der Waals surface area contributed by atoms with Gasteiger partial charge in [-0.2, -0.15) is 0 Å². The molecule has 2 aromatic carbocycles. The van der Waals surface area contributed by atoms with Crippen LogP contribution in [-0.4, -0.2) is 35.9 Å². The van der Waals surface area contributed by atoms with Crippen LogP contribution in [-0.2, 0) is 11.2 Å². The molecule has 0 saturated carbocycles. The third kappa shape index (κ3) is 4.79. The number of Topliss-reactive ketones (excluding diaryl/α,β-unsaturated/α-hetero) is 1. The van der Waals surface area contributed by atoms with Crippen LogP contribution >= 0.6 is 0 Å². The van der Waals surface area contributed by atoms with Crippen molar-refractivity contribution in [3.05, 3.63) is 87.3 Å². The number of aromatic nitrogens is 1. The second kappa shape index (κ2) is 9.81. The number of amides is 1. The SMILES string of the molecule is CCOC(=O)c1cc2c(n(-c3ccc(C(=O)Nc4ccccc4OC)cc3)c1=O)CC(C)(C)CC2=O. The molecule has 8 heteroatoms. The van der Waals surface area contributed by atoms with E-state index in [0.29, 0.717) is 46.8 Å². The molecule has 1 aliphatic rings. The lowest BCUT2D eigenvalue weighted by atomic mass is 9.75. The first-order chi connectivity index (χ1) is 17.1. The number of carbonyl (C=O) groups excluding carboxylic acids is 3. The number of rotatable bonds is 6. The molecule has 8 nitrogen and oxygen atoms in total. The second-order valence-electron chi connectivity index (χ2n) is 9.42. The number of ketones is 1. The number of anilines is 1. The fourth-order valence-corrected chi connectivity index (χ4v) is 4.45. The van der Waals surface area contributed by atoms with Gasteiger partial charge in [-0.15, -0.1) is 0 Å². The summed E-state index contributed by atoms with van der Waals surface area (Å²) in [4.78, 5) is 51.8. The molecule has 3 aromatic rings. The summed E-state index contributed by atoms with van der Waals surface area (Å²) in [6.07, 6.45) is 0.783. The van der Waals surface area contributed by atoms with Crippen LogP contribution in [0.3, 0.4) is 0 Å². The molecule has 0 bridgehead atoms. The molecule has 0 saturated heterocycles. The molecule has 1 aliphatic carbocycles. The fraction of sp³-hybridized carbons (Fsp3) is 0.286. The number of fused-ring (bicyclic) bond motifs is 1. The topological polar surface area (TPSA) is 104 Å². The Hall–Kier alpha value is -4.20. The summed E-state index contributed by atoms with van der Waals surface area (Å²) in [5.41, 5.74) is 1.12. The molecule has 0 unspecified atom stereocenters. The molecular weight excluding hydrogens is 460 g/mol. The van der Waals surface area contributed by atoms with Crippen LogP contribution in [0.5, 0.6) is 5.75 Å². The van der Waals surface area contributed by atoms with E-state index in [2.05, 4.69) is 5.32 Å². The van der Waals surface area contributed by atoms with E-state index < -0.39 is 11.5 Å². The predicted molar refractivity (Wildman–Crippen MR) is 135 cm³/mol. The lowest BCUT2D eigenvalue weighted by molar-refractivity contribution is 0.0523. The van der Waals surface area contributed by atoms with Gasteiger partial charge in [0.2, 0.25) is 0 Å². The molecular formula is C28H28N2O6. The zero-order valence-electron chi connectivity index (χ0n) is 20.7. The van der Waals surface area contributed by atoms with Crippen molar-refractivity contribution < 1.29 is 23.9 Å². The normalized spacial score (nSPS) is 14.1. The molecule has 0 fully saturated rings. The highest BCUT2D eigenvalue weighted by molar-refractivity contribution is 6.05. The van der Waals surface area contributed by atoms with E-state index in [1.165, 1.54) is 17.7 Å². The largest absolute Gasteiger partial charge is 0.495 e. The van der Waals surface area contributed by atoms with Crippen molar-refractivity contribution in [1.29, 1.82) is 0 Å². The van der Waals surface area contributed by atoms with Crippen molar-refractivity contribution >= 4 is 23.3 Å². The van der Waals surface area contributed by atoms with E-state index in [1.807, 2.05) is 13.8 Å². The maximum Gasteiger partial charge on any atom is 0.343 e.